The Labute approximate surface area is 116 Å². The molecule has 0 aromatic heterocycles. The van der Waals surface area contributed by atoms with Crippen molar-refractivity contribution in [1.82, 2.24) is 0 Å². The van der Waals surface area contributed by atoms with Gasteiger partial charge in [0.15, 0.2) is 0 Å². The van der Waals surface area contributed by atoms with Crippen LogP contribution >= 0.6 is 47.8 Å². The third kappa shape index (κ3) is 1.85. The SMILES string of the molecule is Cc1cc(Br)c2c(c1Br)C(Br)CC2(C)C. The van der Waals surface area contributed by atoms with Crippen molar-refractivity contribution in [1.29, 1.82) is 0 Å². The van der Waals surface area contributed by atoms with Gasteiger partial charge in [-0.25, -0.2) is 0 Å². The minimum absolute atomic E-state index is 0.249. The molecule has 0 amide bonds. The minimum atomic E-state index is 0.249. The van der Waals surface area contributed by atoms with Gasteiger partial charge in [0.2, 0.25) is 0 Å². The molecule has 1 aromatic rings. The molecule has 1 aromatic carbocycles. The van der Waals surface area contributed by atoms with Gasteiger partial charge in [0.25, 0.3) is 0 Å². The standard InChI is InChI=1S/C12H13Br3/c1-6-4-7(13)10-9(11(6)15)8(14)5-12(10,2)3/h4,8H,5H2,1-3H3. The van der Waals surface area contributed by atoms with Crippen molar-refractivity contribution in [3.63, 3.8) is 0 Å². The topological polar surface area (TPSA) is 0 Å². The molecule has 3 heteroatoms. The molecule has 0 saturated heterocycles. The van der Waals surface area contributed by atoms with E-state index in [1.807, 2.05) is 0 Å². The average molecular weight is 397 g/mol. The molecule has 0 nitrogen and oxygen atoms in total. The highest BCUT2D eigenvalue weighted by Gasteiger charge is 2.39. The number of aryl methyl sites for hydroxylation is 1. The Morgan fingerprint density at radius 1 is 1.33 bits per heavy atom. The maximum atomic E-state index is 3.78. The number of benzene rings is 1. The number of hydrogen-bond acceptors (Lipinski definition) is 0. The van der Waals surface area contributed by atoms with Crippen LogP contribution in [0.1, 0.15) is 41.8 Å². The van der Waals surface area contributed by atoms with Crippen molar-refractivity contribution in [2.45, 2.75) is 37.4 Å². The second kappa shape index (κ2) is 3.85. The van der Waals surface area contributed by atoms with Crippen molar-refractivity contribution < 1.29 is 0 Å². The summed E-state index contributed by atoms with van der Waals surface area (Å²) in [6.45, 7) is 6.75. The number of halogens is 3. The molecule has 82 valence electrons. The molecule has 0 bridgehead atoms. The monoisotopic (exact) mass is 394 g/mol. The summed E-state index contributed by atoms with van der Waals surface area (Å²) >= 11 is 11.2. The lowest BCUT2D eigenvalue weighted by molar-refractivity contribution is 0.519. The van der Waals surface area contributed by atoms with Crippen molar-refractivity contribution in [3.05, 3.63) is 31.7 Å². The van der Waals surface area contributed by atoms with Crippen LogP contribution in [0.4, 0.5) is 0 Å². The number of rotatable bonds is 0. The van der Waals surface area contributed by atoms with E-state index in [1.54, 1.807) is 0 Å². The fourth-order valence-corrected chi connectivity index (χ4v) is 5.67. The predicted octanol–water partition coefficient (Wildman–Crippen LogP) is 5.64. The van der Waals surface area contributed by atoms with E-state index in [1.165, 1.54) is 25.6 Å². The van der Waals surface area contributed by atoms with Crippen LogP contribution in [0.2, 0.25) is 0 Å². The Hall–Kier alpha value is 0.660. The van der Waals surface area contributed by atoms with Crippen LogP contribution in [-0.2, 0) is 5.41 Å². The number of fused-ring (bicyclic) bond motifs is 1. The molecule has 1 atom stereocenters. The smallest absolute Gasteiger partial charge is 0.0418 e. The molecular weight excluding hydrogens is 384 g/mol. The van der Waals surface area contributed by atoms with Gasteiger partial charge in [0, 0.05) is 13.8 Å². The molecule has 1 unspecified atom stereocenters. The van der Waals surface area contributed by atoms with E-state index in [4.69, 9.17) is 0 Å². The third-order valence-corrected chi connectivity index (χ3v) is 5.57. The lowest BCUT2D eigenvalue weighted by Crippen LogP contribution is -2.12. The summed E-state index contributed by atoms with van der Waals surface area (Å²) in [4.78, 5) is 0.466. The maximum Gasteiger partial charge on any atom is 0.0418 e. The normalized spacial score (nSPS) is 22.9. The van der Waals surface area contributed by atoms with Crippen LogP contribution in [0.25, 0.3) is 0 Å². The van der Waals surface area contributed by atoms with Crippen LogP contribution in [0.5, 0.6) is 0 Å². The fraction of sp³-hybridized carbons (Fsp3) is 0.500. The first kappa shape index (κ1) is 12.1. The summed E-state index contributed by atoms with van der Waals surface area (Å²) in [6.07, 6.45) is 1.16. The summed E-state index contributed by atoms with van der Waals surface area (Å²) in [5.41, 5.74) is 4.41. The summed E-state index contributed by atoms with van der Waals surface area (Å²) in [5.74, 6) is 0. The Balaban J connectivity index is 2.78. The van der Waals surface area contributed by atoms with Crippen molar-refractivity contribution >= 4 is 47.8 Å². The zero-order valence-corrected chi connectivity index (χ0v) is 13.8. The molecule has 0 spiro atoms. The molecule has 1 aliphatic carbocycles. The van der Waals surface area contributed by atoms with E-state index in [0.717, 1.165) is 6.42 Å². The Bertz CT molecular complexity index is 421. The summed E-state index contributed by atoms with van der Waals surface area (Å²) in [7, 11) is 0. The zero-order chi connectivity index (χ0) is 11.4. The largest absolute Gasteiger partial charge is 0.0838 e. The van der Waals surface area contributed by atoms with E-state index in [-0.39, 0.29) is 5.41 Å². The Morgan fingerprint density at radius 3 is 2.53 bits per heavy atom. The summed E-state index contributed by atoms with van der Waals surface area (Å²) in [5, 5.41) is 0. The van der Waals surface area contributed by atoms with Gasteiger partial charge in [-0.1, -0.05) is 61.6 Å². The van der Waals surface area contributed by atoms with Crippen LogP contribution in [0, 0.1) is 6.92 Å². The number of alkyl halides is 1. The van der Waals surface area contributed by atoms with Crippen LogP contribution in [0.15, 0.2) is 15.0 Å². The van der Waals surface area contributed by atoms with Crippen LogP contribution in [-0.4, -0.2) is 0 Å². The molecule has 0 radical (unpaired) electrons. The molecule has 0 heterocycles. The molecule has 0 saturated carbocycles. The minimum Gasteiger partial charge on any atom is -0.0838 e. The van der Waals surface area contributed by atoms with Gasteiger partial charge in [-0.3, -0.25) is 0 Å². The molecular formula is C12H13Br3. The summed E-state index contributed by atoms with van der Waals surface area (Å²) in [6, 6.07) is 2.20. The van der Waals surface area contributed by atoms with Gasteiger partial charge in [0.05, 0.1) is 0 Å². The van der Waals surface area contributed by atoms with Crippen molar-refractivity contribution in [2.24, 2.45) is 0 Å². The van der Waals surface area contributed by atoms with Gasteiger partial charge in [0.1, 0.15) is 0 Å². The van der Waals surface area contributed by atoms with E-state index in [2.05, 4.69) is 74.6 Å². The molecule has 2 rings (SSSR count). The maximum absolute atomic E-state index is 3.78. The van der Waals surface area contributed by atoms with E-state index in [9.17, 15) is 0 Å². The second-order valence-electron chi connectivity index (χ2n) is 4.83. The van der Waals surface area contributed by atoms with Gasteiger partial charge in [-0.2, -0.15) is 0 Å². The van der Waals surface area contributed by atoms with Gasteiger partial charge >= 0.3 is 0 Å². The van der Waals surface area contributed by atoms with Crippen LogP contribution < -0.4 is 0 Å². The van der Waals surface area contributed by atoms with Gasteiger partial charge in [-0.05, 0) is 41.5 Å². The number of hydrogen-bond donors (Lipinski definition) is 0. The van der Waals surface area contributed by atoms with Crippen LogP contribution in [0.3, 0.4) is 0 Å². The first-order chi connectivity index (χ1) is 6.84. The first-order valence-corrected chi connectivity index (χ1v) is 7.48. The first-order valence-electron chi connectivity index (χ1n) is 4.97. The average Bonchev–Trinajstić information content (AvgIpc) is 2.32. The lowest BCUT2D eigenvalue weighted by Gasteiger charge is -2.21. The highest BCUT2D eigenvalue weighted by atomic mass is 79.9. The second-order valence-corrected chi connectivity index (χ2v) is 7.59. The molecule has 15 heavy (non-hydrogen) atoms. The predicted molar refractivity (Wildman–Crippen MR) is 75.9 cm³/mol. The highest BCUT2D eigenvalue weighted by Crippen LogP contribution is 2.54. The highest BCUT2D eigenvalue weighted by molar-refractivity contribution is 9.11. The molecule has 0 fully saturated rings. The van der Waals surface area contributed by atoms with Crippen molar-refractivity contribution in [2.75, 3.05) is 0 Å². The van der Waals surface area contributed by atoms with Gasteiger partial charge in [-0.15, -0.1) is 0 Å². The Kier molecular flexibility index (Phi) is 3.11. The quantitative estimate of drug-likeness (QED) is 0.498. The summed E-state index contributed by atoms with van der Waals surface area (Å²) < 4.78 is 2.50. The molecule has 0 aliphatic heterocycles. The fourth-order valence-electron chi connectivity index (χ4n) is 2.41. The third-order valence-electron chi connectivity index (χ3n) is 3.11. The molecule has 0 N–H and O–H groups in total. The lowest BCUT2D eigenvalue weighted by atomic mass is 9.86. The van der Waals surface area contributed by atoms with Gasteiger partial charge < -0.3 is 0 Å². The van der Waals surface area contributed by atoms with E-state index in [0.29, 0.717) is 4.83 Å². The zero-order valence-electron chi connectivity index (χ0n) is 9.00. The van der Waals surface area contributed by atoms with E-state index < -0.39 is 0 Å². The van der Waals surface area contributed by atoms with E-state index >= 15 is 0 Å². The Morgan fingerprint density at radius 2 is 1.93 bits per heavy atom. The van der Waals surface area contributed by atoms with Crippen molar-refractivity contribution in [3.8, 4) is 0 Å². The molecule has 1 aliphatic rings.